The molecule has 0 heterocycles. The monoisotopic (exact) mass is 252 g/mol. The molecule has 3 heteroatoms. The first-order valence-corrected chi connectivity index (χ1v) is 7.22. The highest BCUT2D eigenvalue weighted by Gasteiger charge is 2.68. The zero-order valence-corrected chi connectivity index (χ0v) is 12.5. The van der Waals surface area contributed by atoms with Crippen molar-refractivity contribution in [2.24, 2.45) is 28.4 Å². The fourth-order valence-electron chi connectivity index (χ4n) is 3.98. The quantitative estimate of drug-likeness (QED) is 0.837. The largest absolute Gasteiger partial charge is 0.342 e. The Hall–Kier alpha value is -0.570. The molecule has 0 aromatic heterocycles. The van der Waals surface area contributed by atoms with Gasteiger partial charge in [0.05, 0.1) is 0 Å². The Morgan fingerprint density at radius 3 is 2.22 bits per heavy atom. The number of hydrogen-bond acceptors (Lipinski definition) is 2. The molecule has 3 nitrogen and oxygen atoms in total. The molecule has 18 heavy (non-hydrogen) atoms. The van der Waals surface area contributed by atoms with Crippen molar-refractivity contribution in [3.05, 3.63) is 0 Å². The summed E-state index contributed by atoms with van der Waals surface area (Å²) in [6.45, 7) is 9.54. The summed E-state index contributed by atoms with van der Waals surface area (Å²) in [5, 5.41) is 0. The van der Waals surface area contributed by atoms with Gasteiger partial charge in [-0.25, -0.2) is 0 Å². The molecule has 0 aromatic rings. The third kappa shape index (κ3) is 1.78. The molecule has 1 amide bonds. The van der Waals surface area contributed by atoms with E-state index in [0.717, 1.165) is 6.42 Å². The van der Waals surface area contributed by atoms with Gasteiger partial charge in [0, 0.05) is 19.0 Å². The summed E-state index contributed by atoms with van der Waals surface area (Å²) in [6.07, 6.45) is 3.51. The molecule has 0 spiro atoms. The number of carbonyl (C=O) groups excluding carboxylic acids is 1. The maximum atomic E-state index is 12.7. The Morgan fingerprint density at radius 2 is 1.78 bits per heavy atom. The van der Waals surface area contributed by atoms with Gasteiger partial charge in [0.1, 0.15) is 0 Å². The number of amides is 1. The van der Waals surface area contributed by atoms with Crippen molar-refractivity contribution in [1.82, 2.24) is 4.90 Å². The van der Waals surface area contributed by atoms with Crippen LogP contribution in [-0.4, -0.2) is 30.4 Å². The minimum absolute atomic E-state index is 0.134. The van der Waals surface area contributed by atoms with Crippen molar-refractivity contribution < 1.29 is 4.79 Å². The topological polar surface area (TPSA) is 46.3 Å². The van der Waals surface area contributed by atoms with Gasteiger partial charge in [0.2, 0.25) is 5.91 Å². The Bertz CT molecular complexity index is 334. The molecule has 2 aliphatic carbocycles. The molecule has 2 rings (SSSR count). The molecule has 104 valence electrons. The number of nitrogens with zero attached hydrogens (tertiary/aromatic N) is 1. The molecule has 2 saturated carbocycles. The molecule has 2 aliphatic rings. The first kappa shape index (κ1) is 13.9. The standard InChI is InChI=1S/C15H28N2O/c1-14(2)12(15(14,3)4)13(18)17(5)11-8-6-7-10(11)9-16/h10-12H,6-9,16H2,1-5H3. The van der Waals surface area contributed by atoms with E-state index in [2.05, 4.69) is 27.7 Å². The fraction of sp³-hybridized carbons (Fsp3) is 0.933. The normalized spacial score (nSPS) is 33.4. The van der Waals surface area contributed by atoms with Gasteiger partial charge in [-0.1, -0.05) is 34.1 Å². The maximum absolute atomic E-state index is 12.7. The zero-order chi connectivity index (χ0) is 13.7. The van der Waals surface area contributed by atoms with E-state index < -0.39 is 0 Å². The summed E-state index contributed by atoms with van der Waals surface area (Å²) in [6, 6.07) is 0.370. The van der Waals surface area contributed by atoms with Gasteiger partial charge in [0.25, 0.3) is 0 Å². The zero-order valence-electron chi connectivity index (χ0n) is 12.5. The van der Waals surface area contributed by atoms with Crippen LogP contribution in [0.3, 0.4) is 0 Å². The summed E-state index contributed by atoms with van der Waals surface area (Å²) in [5.74, 6) is 1.01. The summed E-state index contributed by atoms with van der Waals surface area (Å²) in [7, 11) is 1.98. The molecule has 2 unspecified atom stereocenters. The van der Waals surface area contributed by atoms with Crippen LogP contribution in [-0.2, 0) is 4.79 Å². The van der Waals surface area contributed by atoms with E-state index in [4.69, 9.17) is 5.73 Å². The van der Waals surface area contributed by atoms with Crippen molar-refractivity contribution in [3.8, 4) is 0 Å². The van der Waals surface area contributed by atoms with Crippen LogP contribution in [0.1, 0.15) is 47.0 Å². The highest BCUT2D eigenvalue weighted by molar-refractivity contribution is 5.84. The number of nitrogens with two attached hydrogens (primary N) is 1. The third-order valence-electron chi connectivity index (χ3n) is 6.03. The van der Waals surface area contributed by atoms with Crippen LogP contribution in [0.25, 0.3) is 0 Å². The van der Waals surface area contributed by atoms with Crippen LogP contribution in [0.4, 0.5) is 0 Å². The molecule has 2 atom stereocenters. The minimum atomic E-state index is 0.134. The Balaban J connectivity index is 2.07. The number of rotatable bonds is 3. The van der Waals surface area contributed by atoms with E-state index in [1.54, 1.807) is 0 Å². The van der Waals surface area contributed by atoms with Crippen LogP contribution in [0, 0.1) is 22.7 Å². The van der Waals surface area contributed by atoms with Crippen LogP contribution < -0.4 is 5.73 Å². The van der Waals surface area contributed by atoms with Crippen LogP contribution in [0.5, 0.6) is 0 Å². The molecule has 2 fully saturated rings. The van der Waals surface area contributed by atoms with Crippen molar-refractivity contribution >= 4 is 5.91 Å². The second-order valence-electron chi connectivity index (χ2n) is 7.32. The Labute approximate surface area is 111 Å². The second kappa shape index (κ2) is 4.22. The van der Waals surface area contributed by atoms with Gasteiger partial charge in [-0.2, -0.15) is 0 Å². The van der Waals surface area contributed by atoms with Gasteiger partial charge in [0.15, 0.2) is 0 Å². The Kier molecular flexibility index (Phi) is 3.25. The van der Waals surface area contributed by atoms with Crippen molar-refractivity contribution in [3.63, 3.8) is 0 Å². The van der Waals surface area contributed by atoms with Crippen molar-refractivity contribution in [1.29, 1.82) is 0 Å². The van der Waals surface area contributed by atoms with Gasteiger partial charge in [-0.05, 0) is 36.1 Å². The summed E-state index contributed by atoms with van der Waals surface area (Å²) < 4.78 is 0. The minimum Gasteiger partial charge on any atom is -0.342 e. The fourth-order valence-corrected chi connectivity index (χ4v) is 3.98. The smallest absolute Gasteiger partial charge is 0.226 e. The number of hydrogen-bond donors (Lipinski definition) is 1. The lowest BCUT2D eigenvalue weighted by molar-refractivity contribution is -0.135. The van der Waals surface area contributed by atoms with E-state index in [1.807, 2.05) is 11.9 Å². The highest BCUT2D eigenvalue weighted by Crippen LogP contribution is 2.68. The van der Waals surface area contributed by atoms with Crippen LogP contribution >= 0.6 is 0 Å². The molecular formula is C15H28N2O. The second-order valence-corrected chi connectivity index (χ2v) is 7.32. The first-order chi connectivity index (χ1) is 8.25. The van der Waals surface area contributed by atoms with Gasteiger partial charge in [-0.15, -0.1) is 0 Å². The van der Waals surface area contributed by atoms with Crippen molar-refractivity contribution in [2.75, 3.05) is 13.6 Å². The third-order valence-corrected chi connectivity index (χ3v) is 6.03. The predicted octanol–water partition coefficient (Wildman–Crippen LogP) is 2.25. The molecule has 0 saturated heterocycles. The van der Waals surface area contributed by atoms with Gasteiger partial charge < -0.3 is 10.6 Å². The molecule has 2 N–H and O–H groups in total. The van der Waals surface area contributed by atoms with E-state index in [1.165, 1.54) is 12.8 Å². The van der Waals surface area contributed by atoms with E-state index in [9.17, 15) is 4.79 Å². The SMILES string of the molecule is CN(C(=O)C1C(C)(C)C1(C)C)C1CCCC1CN. The van der Waals surface area contributed by atoms with E-state index >= 15 is 0 Å². The lowest BCUT2D eigenvalue weighted by Crippen LogP contribution is -2.43. The molecule has 0 aromatic carbocycles. The number of carbonyl (C=O) groups is 1. The maximum Gasteiger partial charge on any atom is 0.226 e. The average Bonchev–Trinajstić information content (AvgIpc) is 2.69. The lowest BCUT2D eigenvalue weighted by atomic mass is 10.0. The lowest BCUT2D eigenvalue weighted by Gasteiger charge is -2.30. The molecular weight excluding hydrogens is 224 g/mol. The predicted molar refractivity (Wildman–Crippen MR) is 74.0 cm³/mol. The van der Waals surface area contributed by atoms with Gasteiger partial charge >= 0.3 is 0 Å². The summed E-state index contributed by atoms with van der Waals surface area (Å²) in [4.78, 5) is 14.7. The van der Waals surface area contributed by atoms with E-state index in [0.29, 0.717) is 24.4 Å². The van der Waals surface area contributed by atoms with Gasteiger partial charge in [-0.3, -0.25) is 4.79 Å². The summed E-state index contributed by atoms with van der Waals surface area (Å²) >= 11 is 0. The van der Waals surface area contributed by atoms with E-state index in [-0.39, 0.29) is 16.7 Å². The van der Waals surface area contributed by atoms with Crippen LogP contribution in [0.2, 0.25) is 0 Å². The van der Waals surface area contributed by atoms with Crippen LogP contribution in [0.15, 0.2) is 0 Å². The molecule has 0 radical (unpaired) electrons. The first-order valence-electron chi connectivity index (χ1n) is 7.22. The summed E-state index contributed by atoms with van der Waals surface area (Å²) in [5.41, 5.74) is 6.09. The Morgan fingerprint density at radius 1 is 1.22 bits per heavy atom. The average molecular weight is 252 g/mol. The molecule has 0 aliphatic heterocycles. The highest BCUT2D eigenvalue weighted by atomic mass is 16.2. The van der Waals surface area contributed by atoms with Crippen molar-refractivity contribution in [2.45, 2.75) is 53.0 Å². The molecule has 0 bridgehead atoms.